The van der Waals surface area contributed by atoms with Crippen LogP contribution in [0.15, 0.2) is 24.3 Å². The second kappa shape index (κ2) is 7.07. The Hall–Kier alpha value is -0.640. The molecule has 94 valence electrons. The molecule has 1 rings (SSSR count). The molecule has 0 aliphatic carbocycles. The second-order valence-electron chi connectivity index (χ2n) is 3.28. The van der Waals surface area contributed by atoms with Gasteiger partial charge in [0, 0.05) is 6.04 Å². The van der Waals surface area contributed by atoms with Crippen molar-refractivity contribution in [3.8, 4) is 5.75 Å². The third kappa shape index (κ3) is 6.34. The Morgan fingerprint density at radius 3 is 2.28 bits per heavy atom. The van der Waals surface area contributed by atoms with Crippen molar-refractivity contribution in [3.63, 3.8) is 0 Å². The van der Waals surface area contributed by atoms with Crippen LogP contribution in [0.25, 0.3) is 0 Å². The molecule has 9 heteroatoms. The van der Waals surface area contributed by atoms with E-state index in [1.54, 1.807) is 0 Å². The third-order valence-corrected chi connectivity index (χ3v) is 2.29. The Bertz CT molecular complexity index is 500. The number of carbonyl (C=O) groups excluding carboxylic acids is 1. The van der Waals surface area contributed by atoms with E-state index in [0.717, 1.165) is 0 Å². The molecule has 0 saturated carbocycles. The van der Waals surface area contributed by atoms with Gasteiger partial charge in [0.2, 0.25) is 0 Å². The van der Waals surface area contributed by atoms with Crippen LogP contribution in [0.5, 0.6) is 5.75 Å². The summed E-state index contributed by atoms with van der Waals surface area (Å²) in [5.74, 6) is -1.46. The van der Waals surface area contributed by atoms with E-state index in [9.17, 15) is 18.3 Å². The van der Waals surface area contributed by atoms with E-state index in [-0.39, 0.29) is 41.7 Å². The number of rotatable bonds is 5. The summed E-state index contributed by atoms with van der Waals surface area (Å²) in [7, 11) is -4.56. The third-order valence-electron chi connectivity index (χ3n) is 1.88. The van der Waals surface area contributed by atoms with Gasteiger partial charge >= 0.3 is 40.0 Å². The van der Waals surface area contributed by atoms with Crippen molar-refractivity contribution in [2.45, 2.75) is 12.5 Å². The van der Waals surface area contributed by atoms with E-state index in [4.69, 9.17) is 10.3 Å². The average Bonchev–Trinajstić information content (AvgIpc) is 2.18. The molecule has 3 N–H and O–H groups in total. The topological polar surface area (TPSA) is 130 Å². The molecule has 0 amide bonds. The molecule has 0 bridgehead atoms. The summed E-state index contributed by atoms with van der Waals surface area (Å²) in [4.78, 5) is 10.4. The largest absolute Gasteiger partial charge is 1.00 e. The molecule has 0 spiro atoms. The fraction of sp³-hybridized carbons (Fsp3) is 0.222. The fourth-order valence-electron chi connectivity index (χ4n) is 1.14. The van der Waals surface area contributed by atoms with Crippen molar-refractivity contribution < 1.29 is 56.6 Å². The van der Waals surface area contributed by atoms with E-state index in [2.05, 4.69) is 4.18 Å². The molecule has 0 unspecified atom stereocenters. The minimum atomic E-state index is -4.56. The van der Waals surface area contributed by atoms with Gasteiger partial charge in [-0.25, -0.2) is 0 Å². The molecule has 18 heavy (non-hydrogen) atoms. The van der Waals surface area contributed by atoms with Crippen LogP contribution in [0.1, 0.15) is 5.56 Å². The van der Waals surface area contributed by atoms with Crippen LogP contribution in [0.3, 0.4) is 0 Å². The molecule has 0 aromatic heterocycles. The van der Waals surface area contributed by atoms with Crippen LogP contribution in [0.2, 0.25) is 0 Å². The Kier molecular flexibility index (Phi) is 6.82. The molecule has 1 atom stereocenters. The Labute approximate surface area is 126 Å². The zero-order chi connectivity index (χ0) is 13.1. The Morgan fingerprint density at radius 2 is 1.89 bits per heavy atom. The zero-order valence-corrected chi connectivity index (χ0v) is 12.4. The van der Waals surface area contributed by atoms with Gasteiger partial charge in [0.05, 0.1) is 5.97 Å². The van der Waals surface area contributed by atoms with Crippen LogP contribution in [-0.4, -0.2) is 25.0 Å². The molecule has 0 heterocycles. The Balaban J connectivity index is 0.00000289. The van der Waals surface area contributed by atoms with E-state index >= 15 is 0 Å². The maximum Gasteiger partial charge on any atom is 1.00 e. The van der Waals surface area contributed by atoms with Crippen LogP contribution in [0, 0.1) is 0 Å². The summed E-state index contributed by atoms with van der Waals surface area (Å²) >= 11 is 0. The smallest absolute Gasteiger partial charge is 0.548 e. The van der Waals surface area contributed by atoms with Crippen molar-refractivity contribution in [2.75, 3.05) is 0 Å². The number of nitrogens with two attached hydrogens (primary N) is 1. The SMILES string of the molecule is N[C@@H](Cc1ccc(OS(=O)(=O)O)cc1)C(=O)[O-].[Na+]. The van der Waals surface area contributed by atoms with Crippen LogP contribution < -0.4 is 44.6 Å². The van der Waals surface area contributed by atoms with Gasteiger partial charge in [0.25, 0.3) is 0 Å². The monoisotopic (exact) mass is 283 g/mol. The number of carbonyl (C=O) groups is 1. The number of aliphatic carboxylic acids is 1. The molecule has 0 fully saturated rings. The molecular weight excluding hydrogens is 273 g/mol. The van der Waals surface area contributed by atoms with Crippen molar-refractivity contribution in [1.29, 1.82) is 0 Å². The van der Waals surface area contributed by atoms with Gasteiger partial charge in [-0.3, -0.25) is 4.55 Å². The quantitative estimate of drug-likeness (QED) is 0.411. The first-order valence-corrected chi connectivity index (χ1v) is 5.87. The summed E-state index contributed by atoms with van der Waals surface area (Å²) in [5.41, 5.74) is 5.83. The van der Waals surface area contributed by atoms with Crippen molar-refractivity contribution >= 4 is 16.4 Å². The number of carboxylic acids is 1. The van der Waals surface area contributed by atoms with Gasteiger partial charge in [0.15, 0.2) is 0 Å². The van der Waals surface area contributed by atoms with E-state index in [0.29, 0.717) is 5.56 Å². The minimum absolute atomic E-state index is 0. The molecule has 0 saturated heterocycles. The normalized spacial score (nSPS) is 12.3. The summed E-state index contributed by atoms with van der Waals surface area (Å²) in [6, 6.07) is 4.27. The molecule has 1 aromatic carbocycles. The van der Waals surface area contributed by atoms with Gasteiger partial charge in [-0.2, -0.15) is 8.42 Å². The number of benzene rings is 1. The summed E-state index contributed by atoms with van der Waals surface area (Å²) in [6.45, 7) is 0. The van der Waals surface area contributed by atoms with Crippen molar-refractivity contribution in [2.24, 2.45) is 5.73 Å². The Morgan fingerprint density at radius 1 is 1.39 bits per heavy atom. The first kappa shape index (κ1) is 17.4. The van der Waals surface area contributed by atoms with Gasteiger partial charge < -0.3 is 19.8 Å². The van der Waals surface area contributed by atoms with Crippen LogP contribution in [0.4, 0.5) is 0 Å². The predicted octanol–water partition coefficient (Wildman–Crippen LogP) is -4.51. The van der Waals surface area contributed by atoms with Crippen molar-refractivity contribution in [3.05, 3.63) is 29.8 Å². The maximum atomic E-state index is 10.4. The molecule has 0 aliphatic rings. The first-order valence-electron chi connectivity index (χ1n) is 4.50. The minimum Gasteiger partial charge on any atom is -0.548 e. The number of hydrogen-bond donors (Lipinski definition) is 2. The predicted molar refractivity (Wildman–Crippen MR) is 55.3 cm³/mol. The standard InChI is InChI=1S/C9H11NO6S.Na/c10-8(9(11)12)5-6-1-3-7(4-2-6)16-17(13,14)15;/h1-4,8H,5,10H2,(H,11,12)(H,13,14,15);/q;+1/p-1/t8-;/m0./s1. The van der Waals surface area contributed by atoms with Gasteiger partial charge in [0.1, 0.15) is 5.75 Å². The fourth-order valence-corrected chi connectivity index (χ4v) is 1.49. The van der Waals surface area contributed by atoms with E-state index in [1.807, 2.05) is 0 Å². The summed E-state index contributed by atoms with van der Waals surface area (Å²) in [5, 5.41) is 10.4. The first-order chi connectivity index (χ1) is 7.78. The van der Waals surface area contributed by atoms with Crippen LogP contribution >= 0.6 is 0 Å². The molecular formula is C9H10NNaO6S. The molecule has 1 aromatic rings. The molecule has 0 radical (unpaired) electrons. The van der Waals surface area contributed by atoms with Gasteiger partial charge in [-0.15, -0.1) is 0 Å². The molecule has 7 nitrogen and oxygen atoms in total. The molecule has 0 aliphatic heterocycles. The van der Waals surface area contributed by atoms with Crippen LogP contribution in [-0.2, 0) is 21.6 Å². The average molecular weight is 283 g/mol. The van der Waals surface area contributed by atoms with Gasteiger partial charge in [-0.1, -0.05) is 12.1 Å². The van der Waals surface area contributed by atoms with Gasteiger partial charge in [-0.05, 0) is 24.1 Å². The number of carboxylic acid groups (broad SMARTS) is 1. The second-order valence-corrected chi connectivity index (χ2v) is 4.31. The van der Waals surface area contributed by atoms with Crippen molar-refractivity contribution in [1.82, 2.24) is 0 Å². The zero-order valence-electron chi connectivity index (χ0n) is 9.57. The maximum absolute atomic E-state index is 10.4. The van der Waals surface area contributed by atoms with E-state index < -0.39 is 22.4 Å². The number of hydrogen-bond acceptors (Lipinski definition) is 6. The summed E-state index contributed by atoms with van der Waals surface area (Å²) < 4.78 is 33.3. The summed E-state index contributed by atoms with van der Waals surface area (Å²) in [6.07, 6.45) is 0.0501. The van der Waals surface area contributed by atoms with E-state index in [1.165, 1.54) is 24.3 Å².